The fourth-order valence-corrected chi connectivity index (χ4v) is 5.03. The van der Waals surface area contributed by atoms with E-state index >= 15 is 0 Å². The van der Waals surface area contributed by atoms with Gasteiger partial charge in [-0.05, 0) is 48.9 Å². The summed E-state index contributed by atoms with van der Waals surface area (Å²) in [6.07, 6.45) is 3.44. The second-order valence-electron chi connectivity index (χ2n) is 10.2. The van der Waals surface area contributed by atoms with Crippen molar-refractivity contribution in [3.8, 4) is 0 Å². The lowest BCUT2D eigenvalue weighted by atomic mass is 10.1. The number of carbonyl (C=O) groups is 2. The first-order valence-corrected chi connectivity index (χ1v) is 13.8. The molecule has 0 aliphatic carbocycles. The molecule has 0 saturated carbocycles. The molecule has 37 heavy (non-hydrogen) atoms. The van der Waals surface area contributed by atoms with Gasteiger partial charge in [0, 0.05) is 41.3 Å². The van der Waals surface area contributed by atoms with Gasteiger partial charge < -0.3 is 10.3 Å². The van der Waals surface area contributed by atoms with Gasteiger partial charge in [-0.25, -0.2) is 4.98 Å². The number of nitrogens with zero attached hydrogens (tertiary/aromatic N) is 2. The van der Waals surface area contributed by atoms with Crippen LogP contribution in [0.2, 0.25) is 0 Å². The Balaban J connectivity index is 1.63. The predicted molar refractivity (Wildman–Crippen MR) is 151 cm³/mol. The summed E-state index contributed by atoms with van der Waals surface area (Å²) in [7, 11) is 0. The second kappa shape index (κ2) is 11.8. The molecular weight excluding hydrogens is 484 g/mol. The molecule has 1 amide bonds. The van der Waals surface area contributed by atoms with Gasteiger partial charge in [-0.3, -0.25) is 19.0 Å². The number of hydrogen-bond acceptors (Lipinski definition) is 5. The number of para-hydroxylation sites is 1. The van der Waals surface area contributed by atoms with E-state index in [2.05, 4.69) is 38.0 Å². The number of Topliss-reactive ketones (excluding diaryl/α,β-unsaturated/α-hetero) is 1. The minimum absolute atomic E-state index is 0.0366. The third-order valence-electron chi connectivity index (χ3n) is 6.34. The van der Waals surface area contributed by atoms with Crippen LogP contribution in [0, 0.1) is 11.8 Å². The van der Waals surface area contributed by atoms with Crippen molar-refractivity contribution in [1.82, 2.24) is 19.9 Å². The predicted octanol–water partition coefficient (Wildman–Crippen LogP) is 5.67. The molecule has 0 atom stereocenters. The molecular formula is C29H34N4O3S. The first-order chi connectivity index (χ1) is 17.7. The van der Waals surface area contributed by atoms with Gasteiger partial charge in [0.25, 0.3) is 11.5 Å². The SMILES string of the molecule is CC(C)CCNC(=O)c1ccc2c(=O)n(CCC(C)C)c(SCC(=O)c3c[nH]c4ccccc34)nc2c1. The van der Waals surface area contributed by atoms with Crippen molar-refractivity contribution >= 4 is 45.3 Å². The van der Waals surface area contributed by atoms with Gasteiger partial charge in [0.05, 0.1) is 16.7 Å². The Morgan fingerprint density at radius 1 is 1.03 bits per heavy atom. The number of carbonyl (C=O) groups excluding carboxylic acids is 2. The van der Waals surface area contributed by atoms with Crippen LogP contribution < -0.4 is 10.9 Å². The molecule has 0 aliphatic rings. The van der Waals surface area contributed by atoms with Gasteiger partial charge in [-0.1, -0.05) is 57.7 Å². The molecule has 0 aliphatic heterocycles. The zero-order chi connectivity index (χ0) is 26.5. The van der Waals surface area contributed by atoms with Crippen molar-refractivity contribution in [1.29, 1.82) is 0 Å². The first-order valence-electron chi connectivity index (χ1n) is 12.8. The van der Waals surface area contributed by atoms with E-state index < -0.39 is 0 Å². The van der Waals surface area contributed by atoms with Crippen LogP contribution in [0.25, 0.3) is 21.8 Å². The van der Waals surface area contributed by atoms with Gasteiger partial charge in [0.15, 0.2) is 10.9 Å². The molecule has 7 nitrogen and oxygen atoms in total. The number of H-pyrrole nitrogens is 1. The Hall–Kier alpha value is -3.39. The van der Waals surface area contributed by atoms with E-state index in [0.717, 1.165) is 23.7 Å². The number of nitrogens with one attached hydrogen (secondary N) is 2. The van der Waals surface area contributed by atoms with Crippen molar-refractivity contribution < 1.29 is 9.59 Å². The van der Waals surface area contributed by atoms with Crippen LogP contribution in [0.5, 0.6) is 0 Å². The van der Waals surface area contributed by atoms with Gasteiger partial charge in [0.2, 0.25) is 0 Å². The van der Waals surface area contributed by atoms with E-state index in [0.29, 0.717) is 52.1 Å². The molecule has 2 N–H and O–H groups in total. The molecule has 4 rings (SSSR count). The van der Waals surface area contributed by atoms with E-state index in [-0.39, 0.29) is 23.0 Å². The number of aromatic amines is 1. The number of ketones is 1. The minimum atomic E-state index is -0.183. The van der Waals surface area contributed by atoms with Crippen molar-refractivity contribution in [2.24, 2.45) is 11.8 Å². The lowest BCUT2D eigenvalue weighted by molar-refractivity contribution is 0.0951. The lowest BCUT2D eigenvalue weighted by Gasteiger charge is -2.14. The van der Waals surface area contributed by atoms with Crippen molar-refractivity contribution in [3.05, 3.63) is 70.1 Å². The molecule has 4 aromatic rings. The number of thioether (sulfide) groups is 1. The highest BCUT2D eigenvalue weighted by Gasteiger charge is 2.18. The Morgan fingerprint density at radius 3 is 2.54 bits per heavy atom. The molecule has 2 aromatic heterocycles. The Morgan fingerprint density at radius 2 is 1.78 bits per heavy atom. The normalized spacial score (nSPS) is 11.6. The van der Waals surface area contributed by atoms with Gasteiger partial charge in [-0.2, -0.15) is 0 Å². The van der Waals surface area contributed by atoms with Crippen LogP contribution in [0.15, 0.2) is 58.6 Å². The van der Waals surface area contributed by atoms with Crippen molar-refractivity contribution in [2.75, 3.05) is 12.3 Å². The van der Waals surface area contributed by atoms with Gasteiger partial charge >= 0.3 is 0 Å². The molecule has 0 bridgehead atoms. The zero-order valence-electron chi connectivity index (χ0n) is 21.8. The van der Waals surface area contributed by atoms with Crippen LogP contribution in [-0.2, 0) is 6.54 Å². The quantitative estimate of drug-likeness (QED) is 0.151. The van der Waals surface area contributed by atoms with E-state index in [1.165, 1.54) is 11.8 Å². The maximum absolute atomic E-state index is 13.5. The minimum Gasteiger partial charge on any atom is -0.360 e. The topological polar surface area (TPSA) is 96.9 Å². The molecule has 2 aromatic carbocycles. The maximum Gasteiger partial charge on any atom is 0.262 e. The second-order valence-corrected chi connectivity index (χ2v) is 11.1. The molecule has 0 saturated heterocycles. The third kappa shape index (κ3) is 6.31. The molecule has 0 unspecified atom stereocenters. The molecule has 8 heteroatoms. The van der Waals surface area contributed by atoms with Crippen LogP contribution in [0.4, 0.5) is 0 Å². The standard InChI is InChI=1S/C29H34N4O3S/c1-18(2)11-13-30-27(35)20-9-10-22-25(15-20)32-29(33(28(22)36)14-12-19(3)4)37-17-26(34)23-16-31-24-8-6-5-7-21(23)24/h5-10,15-16,18-19,31H,11-14,17H2,1-4H3,(H,30,35). The Bertz CT molecular complexity index is 1490. The summed E-state index contributed by atoms with van der Waals surface area (Å²) < 4.78 is 1.66. The largest absolute Gasteiger partial charge is 0.360 e. The average Bonchev–Trinajstić information content (AvgIpc) is 3.30. The summed E-state index contributed by atoms with van der Waals surface area (Å²) in [4.78, 5) is 47.1. The summed E-state index contributed by atoms with van der Waals surface area (Å²) >= 11 is 1.26. The van der Waals surface area contributed by atoms with E-state index in [4.69, 9.17) is 4.98 Å². The van der Waals surface area contributed by atoms with Crippen molar-refractivity contribution in [2.45, 2.75) is 52.2 Å². The monoisotopic (exact) mass is 518 g/mol. The molecule has 0 fully saturated rings. The zero-order valence-corrected chi connectivity index (χ0v) is 22.7. The lowest BCUT2D eigenvalue weighted by Crippen LogP contribution is -2.26. The smallest absolute Gasteiger partial charge is 0.262 e. The van der Waals surface area contributed by atoms with E-state index in [9.17, 15) is 14.4 Å². The maximum atomic E-state index is 13.5. The van der Waals surface area contributed by atoms with Gasteiger partial charge in [-0.15, -0.1) is 0 Å². The highest BCUT2D eigenvalue weighted by molar-refractivity contribution is 7.99. The third-order valence-corrected chi connectivity index (χ3v) is 7.32. The van der Waals surface area contributed by atoms with Crippen LogP contribution in [-0.4, -0.2) is 38.5 Å². The Labute approximate surface area is 221 Å². The summed E-state index contributed by atoms with van der Waals surface area (Å²) in [6, 6.07) is 12.7. The highest BCUT2D eigenvalue weighted by atomic mass is 32.2. The van der Waals surface area contributed by atoms with E-state index in [1.807, 2.05) is 24.3 Å². The summed E-state index contributed by atoms with van der Waals surface area (Å²) in [5.41, 5.74) is 2.31. The van der Waals surface area contributed by atoms with E-state index in [1.54, 1.807) is 29.0 Å². The first kappa shape index (κ1) is 26.7. The number of hydrogen-bond donors (Lipinski definition) is 2. The Kier molecular flexibility index (Phi) is 8.48. The van der Waals surface area contributed by atoms with Crippen LogP contribution in [0.3, 0.4) is 0 Å². The van der Waals surface area contributed by atoms with Gasteiger partial charge in [0.1, 0.15) is 0 Å². The summed E-state index contributed by atoms with van der Waals surface area (Å²) in [5.74, 6) is 0.832. The molecule has 0 spiro atoms. The fraction of sp³-hybridized carbons (Fsp3) is 0.379. The highest BCUT2D eigenvalue weighted by Crippen LogP contribution is 2.24. The molecule has 2 heterocycles. The summed E-state index contributed by atoms with van der Waals surface area (Å²) in [6.45, 7) is 9.54. The molecule has 0 radical (unpaired) electrons. The number of amides is 1. The fourth-order valence-electron chi connectivity index (χ4n) is 4.12. The molecule has 194 valence electrons. The number of rotatable bonds is 11. The van der Waals surface area contributed by atoms with Crippen molar-refractivity contribution in [3.63, 3.8) is 0 Å². The summed E-state index contributed by atoms with van der Waals surface area (Å²) in [5, 5.41) is 4.77. The average molecular weight is 519 g/mol. The number of aromatic nitrogens is 3. The van der Waals surface area contributed by atoms with Crippen LogP contribution >= 0.6 is 11.8 Å². The number of fused-ring (bicyclic) bond motifs is 2. The number of benzene rings is 2. The van der Waals surface area contributed by atoms with Crippen LogP contribution in [0.1, 0.15) is 61.3 Å².